The third-order valence-corrected chi connectivity index (χ3v) is 1.53. The molecule has 3 nitrogen and oxygen atoms in total. The highest BCUT2D eigenvalue weighted by Gasteiger charge is 2.19. The number of alkyl halides is 2. The van der Waals surface area contributed by atoms with E-state index in [1.54, 1.807) is 0 Å². The molecule has 6 heteroatoms. The Morgan fingerprint density at radius 3 is 2.23 bits per heavy atom. The number of halogens is 3. The molecule has 0 fully saturated rings. The van der Waals surface area contributed by atoms with Gasteiger partial charge in [0.1, 0.15) is 6.04 Å². The van der Waals surface area contributed by atoms with Crippen LogP contribution in [0.15, 0.2) is 0 Å². The van der Waals surface area contributed by atoms with Crippen LogP contribution in [0.1, 0.15) is 6.42 Å². The number of hydrogen-bond donors (Lipinski definition) is 1. The summed E-state index contributed by atoms with van der Waals surface area (Å²) in [6, 6.07) is -0.925. The molecule has 0 aliphatic carbocycles. The van der Waals surface area contributed by atoms with Crippen LogP contribution in [0, 0.1) is 5.92 Å². The lowest BCUT2D eigenvalue weighted by Crippen LogP contribution is -2.34. The van der Waals surface area contributed by atoms with Gasteiger partial charge in [-0.05, 0) is 6.42 Å². The number of esters is 1. The fourth-order valence-corrected chi connectivity index (χ4v) is 0.774. The van der Waals surface area contributed by atoms with Crippen molar-refractivity contribution in [2.24, 2.45) is 11.7 Å². The van der Waals surface area contributed by atoms with Gasteiger partial charge in [-0.2, -0.15) is 0 Å². The summed E-state index contributed by atoms with van der Waals surface area (Å²) in [6.07, 6.45) is -0.0142. The molecule has 0 amide bonds. The molecule has 0 spiro atoms. The summed E-state index contributed by atoms with van der Waals surface area (Å²) in [6.45, 7) is -1.61. The molecule has 0 bridgehead atoms. The topological polar surface area (TPSA) is 52.3 Å². The van der Waals surface area contributed by atoms with Gasteiger partial charge < -0.3 is 10.5 Å². The van der Waals surface area contributed by atoms with E-state index < -0.39 is 31.3 Å². The molecule has 0 saturated heterocycles. The molecule has 0 aliphatic heterocycles. The smallest absolute Gasteiger partial charge is 0.322 e. The van der Waals surface area contributed by atoms with Gasteiger partial charge in [0.05, 0.1) is 20.5 Å². The molecule has 0 radical (unpaired) electrons. The van der Waals surface area contributed by atoms with E-state index in [4.69, 9.17) is 5.73 Å². The van der Waals surface area contributed by atoms with E-state index in [9.17, 15) is 13.6 Å². The highest BCUT2D eigenvalue weighted by molar-refractivity contribution is 5.85. The Bertz CT molecular complexity index is 144. The predicted octanol–water partition coefficient (Wildman–Crippen LogP) is 0.854. The Balaban J connectivity index is 0. The average Bonchev–Trinajstić information content (AvgIpc) is 2.12. The third kappa shape index (κ3) is 5.76. The zero-order chi connectivity index (χ0) is 9.56. The van der Waals surface area contributed by atoms with Crippen molar-refractivity contribution in [3.05, 3.63) is 0 Å². The Morgan fingerprint density at radius 2 is 1.92 bits per heavy atom. The van der Waals surface area contributed by atoms with Crippen molar-refractivity contribution in [3.8, 4) is 0 Å². The molecule has 13 heavy (non-hydrogen) atoms. The van der Waals surface area contributed by atoms with Crippen LogP contribution >= 0.6 is 12.4 Å². The minimum Gasteiger partial charge on any atom is -0.468 e. The van der Waals surface area contributed by atoms with Crippen LogP contribution in [0.4, 0.5) is 8.78 Å². The molecule has 80 valence electrons. The first-order chi connectivity index (χ1) is 5.65. The average molecular weight is 218 g/mol. The van der Waals surface area contributed by atoms with Crippen LogP contribution < -0.4 is 5.73 Å². The van der Waals surface area contributed by atoms with E-state index in [-0.39, 0.29) is 18.8 Å². The molecule has 0 aromatic heterocycles. The van der Waals surface area contributed by atoms with Crippen molar-refractivity contribution in [1.29, 1.82) is 0 Å². The van der Waals surface area contributed by atoms with E-state index >= 15 is 0 Å². The molecule has 0 rings (SSSR count). The minimum atomic E-state index is -0.925. The summed E-state index contributed by atoms with van der Waals surface area (Å²) in [7, 11) is 1.18. The zero-order valence-corrected chi connectivity index (χ0v) is 8.15. The number of carbonyl (C=O) groups excluding carboxylic acids is 1. The molecule has 0 aliphatic rings. The zero-order valence-electron chi connectivity index (χ0n) is 7.33. The lowest BCUT2D eigenvalue weighted by Gasteiger charge is -2.13. The maximum absolute atomic E-state index is 11.9. The molecular formula is C7H14ClF2NO2. The molecule has 2 N–H and O–H groups in total. The van der Waals surface area contributed by atoms with Crippen molar-refractivity contribution in [1.82, 2.24) is 0 Å². The summed E-state index contributed by atoms with van der Waals surface area (Å²) in [5.41, 5.74) is 5.27. The van der Waals surface area contributed by atoms with E-state index in [1.807, 2.05) is 0 Å². The Kier molecular flexibility index (Phi) is 9.50. The first kappa shape index (κ1) is 15.1. The lowest BCUT2D eigenvalue weighted by atomic mass is 10.0. The fraction of sp³-hybridized carbons (Fsp3) is 0.857. The van der Waals surface area contributed by atoms with Gasteiger partial charge >= 0.3 is 5.97 Å². The van der Waals surface area contributed by atoms with Gasteiger partial charge in [0.25, 0.3) is 0 Å². The summed E-state index contributed by atoms with van der Waals surface area (Å²) < 4.78 is 28.2. The highest BCUT2D eigenvalue weighted by Crippen LogP contribution is 2.07. The Morgan fingerprint density at radius 1 is 1.46 bits per heavy atom. The predicted molar refractivity (Wildman–Crippen MR) is 47.3 cm³/mol. The number of hydrogen-bond acceptors (Lipinski definition) is 3. The van der Waals surface area contributed by atoms with Crippen LogP contribution in [0.5, 0.6) is 0 Å². The van der Waals surface area contributed by atoms with Crippen LogP contribution in [-0.4, -0.2) is 32.5 Å². The van der Waals surface area contributed by atoms with Crippen LogP contribution in [-0.2, 0) is 9.53 Å². The SMILES string of the molecule is COC(=O)C(N)CC(CF)CF.Cl. The standard InChI is InChI=1S/C7H13F2NO2.ClH/c1-12-7(11)6(10)2-5(3-8)4-9;/h5-6H,2-4,10H2,1H3;1H. The van der Waals surface area contributed by atoms with Crippen LogP contribution in [0.3, 0.4) is 0 Å². The molecule has 0 aromatic rings. The van der Waals surface area contributed by atoms with E-state index in [2.05, 4.69) is 4.74 Å². The minimum absolute atomic E-state index is 0. The second-order valence-electron chi connectivity index (χ2n) is 2.54. The molecule has 0 aromatic carbocycles. The number of carbonyl (C=O) groups is 1. The van der Waals surface area contributed by atoms with Crippen molar-refractivity contribution in [2.45, 2.75) is 12.5 Å². The number of ether oxygens (including phenoxy) is 1. The van der Waals surface area contributed by atoms with Gasteiger partial charge in [0, 0.05) is 5.92 Å². The van der Waals surface area contributed by atoms with Crippen molar-refractivity contribution < 1.29 is 18.3 Å². The summed E-state index contributed by atoms with van der Waals surface area (Å²) in [4.78, 5) is 10.7. The first-order valence-electron chi connectivity index (χ1n) is 3.61. The lowest BCUT2D eigenvalue weighted by molar-refractivity contribution is -0.142. The number of rotatable bonds is 5. The van der Waals surface area contributed by atoms with E-state index in [0.717, 1.165) is 0 Å². The second kappa shape index (κ2) is 8.19. The molecule has 1 unspecified atom stereocenters. The maximum Gasteiger partial charge on any atom is 0.322 e. The molecule has 0 saturated carbocycles. The summed E-state index contributed by atoms with van der Waals surface area (Å²) >= 11 is 0. The van der Waals surface area contributed by atoms with Crippen molar-refractivity contribution in [3.63, 3.8) is 0 Å². The number of nitrogens with two attached hydrogens (primary N) is 1. The van der Waals surface area contributed by atoms with Crippen molar-refractivity contribution >= 4 is 18.4 Å². The van der Waals surface area contributed by atoms with E-state index in [1.165, 1.54) is 7.11 Å². The van der Waals surface area contributed by atoms with Gasteiger partial charge in [-0.3, -0.25) is 13.6 Å². The quantitative estimate of drug-likeness (QED) is 0.695. The van der Waals surface area contributed by atoms with Gasteiger partial charge in [0.15, 0.2) is 0 Å². The number of methoxy groups -OCH3 is 1. The van der Waals surface area contributed by atoms with Gasteiger partial charge in [-0.25, -0.2) is 0 Å². The summed E-state index contributed by atoms with van der Waals surface area (Å²) in [5, 5.41) is 0. The molecule has 0 heterocycles. The Labute approximate surface area is 82.0 Å². The first-order valence-corrected chi connectivity index (χ1v) is 3.61. The molecular weight excluding hydrogens is 204 g/mol. The van der Waals surface area contributed by atoms with Gasteiger partial charge in [0.2, 0.25) is 0 Å². The highest BCUT2D eigenvalue weighted by atomic mass is 35.5. The van der Waals surface area contributed by atoms with Crippen LogP contribution in [0.25, 0.3) is 0 Å². The normalized spacial score (nSPS) is 12.1. The van der Waals surface area contributed by atoms with Crippen LogP contribution in [0.2, 0.25) is 0 Å². The van der Waals surface area contributed by atoms with Crippen molar-refractivity contribution in [2.75, 3.05) is 20.5 Å². The monoisotopic (exact) mass is 217 g/mol. The van der Waals surface area contributed by atoms with Gasteiger partial charge in [-0.1, -0.05) is 0 Å². The molecule has 1 atom stereocenters. The third-order valence-electron chi connectivity index (χ3n) is 1.53. The largest absolute Gasteiger partial charge is 0.468 e. The van der Waals surface area contributed by atoms with E-state index in [0.29, 0.717) is 0 Å². The maximum atomic E-state index is 11.9. The Hall–Kier alpha value is -0.420. The summed E-state index contributed by atoms with van der Waals surface area (Å²) in [5.74, 6) is -1.43. The fourth-order valence-electron chi connectivity index (χ4n) is 0.774. The van der Waals surface area contributed by atoms with Gasteiger partial charge in [-0.15, -0.1) is 12.4 Å². The second-order valence-corrected chi connectivity index (χ2v) is 2.54.